The predicted octanol–water partition coefficient (Wildman–Crippen LogP) is 15.7. The highest BCUT2D eigenvalue weighted by Gasteiger charge is 2.29. The van der Waals surface area contributed by atoms with Gasteiger partial charge in [0.25, 0.3) is 0 Å². The van der Waals surface area contributed by atoms with Crippen molar-refractivity contribution in [2.24, 2.45) is 4.99 Å². The Hall–Kier alpha value is -6.48. The molecule has 10 rings (SSSR count). The number of nitrogens with zero attached hydrogens (tertiary/aromatic N) is 2. The van der Waals surface area contributed by atoms with Crippen LogP contribution in [0.3, 0.4) is 0 Å². The number of Topliss-reactive ketones (excluding diaryl/α,β-unsaturated/α-hetero) is 2. The molecular weight excluding hydrogens is 909 g/mol. The molecule has 9 nitrogen and oxygen atoms in total. The van der Waals surface area contributed by atoms with E-state index in [-0.39, 0.29) is 29.6 Å². The fraction of sp³-hybridized carbons (Fsp3) is 0.438. The number of aliphatic imine (C=N–C) groups is 1. The van der Waals surface area contributed by atoms with Gasteiger partial charge in [0.05, 0.1) is 12.1 Å². The van der Waals surface area contributed by atoms with Crippen molar-refractivity contribution in [1.82, 2.24) is 4.57 Å². The third kappa shape index (κ3) is 15.5. The predicted molar refractivity (Wildman–Crippen MR) is 298 cm³/mol. The molecule has 3 aliphatic heterocycles. The van der Waals surface area contributed by atoms with E-state index in [4.69, 9.17) is 18.9 Å². The van der Waals surface area contributed by atoms with E-state index in [0.717, 1.165) is 47.6 Å². The Kier molecular flexibility index (Phi) is 18.4. The van der Waals surface area contributed by atoms with E-state index < -0.39 is 5.60 Å². The van der Waals surface area contributed by atoms with Crippen molar-refractivity contribution in [3.63, 3.8) is 0 Å². The van der Waals surface area contributed by atoms with Gasteiger partial charge in [-0.15, -0.1) is 0 Å². The molecule has 0 saturated heterocycles. The van der Waals surface area contributed by atoms with Crippen LogP contribution in [0.25, 0.3) is 10.9 Å². The van der Waals surface area contributed by atoms with Gasteiger partial charge < -0.3 is 23.5 Å². The average Bonchev–Trinajstić information content (AvgIpc) is 4.12. The summed E-state index contributed by atoms with van der Waals surface area (Å²) < 4.78 is 23.9. The van der Waals surface area contributed by atoms with Gasteiger partial charge in [-0.25, -0.2) is 0 Å². The summed E-state index contributed by atoms with van der Waals surface area (Å²) in [5.41, 5.74) is 13.8. The van der Waals surface area contributed by atoms with Crippen molar-refractivity contribution < 1.29 is 33.3 Å². The fourth-order valence-corrected chi connectivity index (χ4v) is 8.84. The number of esters is 1. The molecule has 0 saturated carbocycles. The van der Waals surface area contributed by atoms with Gasteiger partial charge in [-0.1, -0.05) is 104 Å². The minimum Gasteiger partial charge on any atom is -0.488 e. The second-order valence-corrected chi connectivity index (χ2v) is 22.6. The standard InChI is InChI=1S/C18H25NO2.C14H20O.C12H12O2.C10H11N.C10H12O2/c1-13(2)14-6-7-16-15(12-14)8-10-19(16)11-9-17(20)21-18(3,4)5;1-10(2)12-6-5-11-7-8-14(3,4)15-13(11)9-12;1-7(2)8-3-4-9-6-11(13)12(14)10(9)5-8;1-7-3-4-9-6-8(2)11-10(9)5-7;1-7(2)8-3-4-9-10(5-8)12-6-11-9/h6-8,10,12-13H,9,11H2,1-5H3;5-6,9-10H,7-8H2,1-4H3;3-5,7H,6H2,1-2H3;3-5H,6H2,1-2H3;3-5,7H,6H2,1-2H3. The lowest BCUT2D eigenvalue weighted by Gasteiger charge is -2.33. The minimum atomic E-state index is -0.415. The first kappa shape index (κ1) is 55.8. The molecule has 73 heavy (non-hydrogen) atoms. The van der Waals surface area contributed by atoms with Gasteiger partial charge in [-0.3, -0.25) is 19.4 Å². The van der Waals surface area contributed by atoms with E-state index in [1.54, 1.807) is 0 Å². The molecule has 0 bridgehead atoms. The van der Waals surface area contributed by atoms with E-state index in [1.165, 1.54) is 55.7 Å². The maximum Gasteiger partial charge on any atom is 0.308 e. The molecule has 0 spiro atoms. The second-order valence-electron chi connectivity index (χ2n) is 22.6. The van der Waals surface area contributed by atoms with Crippen LogP contribution in [0.15, 0.2) is 108 Å². The number of benzene rings is 5. The molecule has 4 aliphatic rings. The van der Waals surface area contributed by atoms with Crippen molar-refractivity contribution in [2.45, 2.75) is 177 Å². The van der Waals surface area contributed by atoms with Crippen LogP contribution in [0, 0.1) is 6.92 Å². The van der Waals surface area contributed by atoms with E-state index in [0.29, 0.717) is 49.0 Å². The van der Waals surface area contributed by atoms with Crippen LogP contribution in [-0.2, 0) is 40.1 Å². The summed E-state index contributed by atoms with van der Waals surface area (Å²) >= 11 is 0. The summed E-state index contributed by atoms with van der Waals surface area (Å²) in [6.45, 7) is 32.5. The van der Waals surface area contributed by atoms with Crippen LogP contribution < -0.4 is 14.2 Å². The Balaban J connectivity index is 0.000000152. The molecule has 1 aromatic heterocycles. The van der Waals surface area contributed by atoms with Gasteiger partial charge in [0.1, 0.15) is 17.0 Å². The normalized spacial score (nSPS) is 14.6. The van der Waals surface area contributed by atoms with Crippen LogP contribution in [0.5, 0.6) is 17.2 Å². The topological polar surface area (TPSA) is 105 Å². The molecular formula is C64H80N2O7. The minimum absolute atomic E-state index is 0.00258. The maximum atomic E-state index is 11.8. The Morgan fingerprint density at radius 1 is 0.671 bits per heavy atom. The summed E-state index contributed by atoms with van der Waals surface area (Å²) in [4.78, 5) is 38.8. The van der Waals surface area contributed by atoms with Gasteiger partial charge in [0.15, 0.2) is 11.5 Å². The fourth-order valence-electron chi connectivity index (χ4n) is 8.84. The first-order valence-electron chi connectivity index (χ1n) is 26.2. The number of ketones is 2. The molecule has 0 radical (unpaired) electrons. The quantitative estimate of drug-likeness (QED) is 0.116. The number of ether oxygens (including phenoxy) is 4. The van der Waals surface area contributed by atoms with Gasteiger partial charge in [-0.05, 0) is 183 Å². The number of rotatable bonds is 7. The SMILES string of the molecule is CC(C)c1ccc2c(c1)C(=O)C(=O)C2.CC(C)c1ccc2c(c1)OC(C)(C)CC2.CC(C)c1ccc2c(c1)OCO2.CC(C)c1ccc2c(ccn2CCC(=O)OC(C)(C)C)c1.CC1=Nc2cc(C)ccc2C1. The molecule has 6 aromatic rings. The number of carbonyl (C=O) groups excluding carboxylic acids is 3. The smallest absolute Gasteiger partial charge is 0.308 e. The van der Waals surface area contributed by atoms with Crippen molar-refractivity contribution in [3.8, 4) is 17.2 Å². The number of hydrogen-bond donors (Lipinski definition) is 0. The number of fused-ring (bicyclic) bond motifs is 5. The van der Waals surface area contributed by atoms with E-state index in [2.05, 4.69) is 159 Å². The largest absolute Gasteiger partial charge is 0.488 e. The van der Waals surface area contributed by atoms with Crippen LogP contribution in [0.2, 0.25) is 0 Å². The highest BCUT2D eigenvalue weighted by molar-refractivity contribution is 6.47. The van der Waals surface area contributed by atoms with Gasteiger partial charge in [0.2, 0.25) is 18.4 Å². The van der Waals surface area contributed by atoms with E-state index >= 15 is 0 Å². The van der Waals surface area contributed by atoms with E-state index in [9.17, 15) is 14.4 Å². The van der Waals surface area contributed by atoms with Crippen molar-refractivity contribution in [2.75, 3.05) is 6.79 Å². The lowest BCUT2D eigenvalue weighted by molar-refractivity contribution is -0.155. The zero-order valence-corrected chi connectivity index (χ0v) is 46.3. The summed E-state index contributed by atoms with van der Waals surface area (Å²) in [5.74, 6) is 4.12. The third-order valence-electron chi connectivity index (χ3n) is 13.3. The molecule has 0 fully saturated rings. The molecule has 0 unspecified atom stereocenters. The Labute approximate surface area is 435 Å². The molecule has 1 aliphatic carbocycles. The van der Waals surface area contributed by atoms with Crippen molar-refractivity contribution in [3.05, 3.63) is 153 Å². The first-order chi connectivity index (χ1) is 34.4. The van der Waals surface area contributed by atoms with Crippen LogP contribution in [0.1, 0.15) is 188 Å². The summed E-state index contributed by atoms with van der Waals surface area (Å²) in [7, 11) is 0. The maximum absolute atomic E-state index is 11.8. The Bertz CT molecular complexity index is 2940. The molecule has 0 amide bonds. The van der Waals surface area contributed by atoms with Crippen LogP contribution in [0.4, 0.5) is 5.69 Å². The molecule has 5 aromatic carbocycles. The lowest BCUT2D eigenvalue weighted by Crippen LogP contribution is -2.32. The lowest BCUT2D eigenvalue weighted by atomic mass is 9.92. The van der Waals surface area contributed by atoms with Gasteiger partial charge in [0, 0.05) is 42.4 Å². The highest BCUT2D eigenvalue weighted by Crippen LogP contribution is 2.36. The Morgan fingerprint density at radius 3 is 1.90 bits per heavy atom. The molecule has 388 valence electrons. The second kappa shape index (κ2) is 24.0. The number of aromatic nitrogens is 1. The highest BCUT2D eigenvalue weighted by atomic mass is 16.7. The van der Waals surface area contributed by atoms with Gasteiger partial charge >= 0.3 is 5.97 Å². The number of aryl methyl sites for hydroxylation is 3. The Morgan fingerprint density at radius 2 is 1.25 bits per heavy atom. The number of carbonyl (C=O) groups is 3. The van der Waals surface area contributed by atoms with Crippen molar-refractivity contribution in [1.29, 1.82) is 0 Å². The van der Waals surface area contributed by atoms with Crippen molar-refractivity contribution >= 4 is 39.8 Å². The summed E-state index contributed by atoms with van der Waals surface area (Å²) in [6.07, 6.45) is 6.01. The average molecular weight is 989 g/mol. The third-order valence-corrected chi connectivity index (χ3v) is 13.3. The summed E-state index contributed by atoms with van der Waals surface area (Å²) in [6, 6.07) is 33.6. The summed E-state index contributed by atoms with van der Waals surface area (Å²) in [5, 5.41) is 1.23. The zero-order chi connectivity index (χ0) is 53.4. The zero-order valence-electron chi connectivity index (χ0n) is 46.3. The number of hydrogen-bond acceptors (Lipinski definition) is 8. The molecule has 4 heterocycles. The van der Waals surface area contributed by atoms with Gasteiger partial charge in [-0.2, -0.15) is 0 Å². The van der Waals surface area contributed by atoms with E-state index in [1.807, 2.05) is 57.3 Å². The van der Waals surface area contributed by atoms with Crippen LogP contribution in [-0.4, -0.2) is 45.8 Å². The molecule has 0 atom stereocenters. The van der Waals surface area contributed by atoms with Crippen LogP contribution >= 0.6 is 0 Å². The monoisotopic (exact) mass is 989 g/mol. The molecule has 9 heteroatoms. The molecule has 0 N–H and O–H groups in total. The first-order valence-corrected chi connectivity index (χ1v) is 26.2.